The standard InChI is InChI=1S/C21H31NO5/c1-6-7-8-13-22(15-16(2)21(24)27-5)20(23)12-9-17-14-18(25-3)10-11-19(17)26-4/h9-12,14,16H,6-8,13,15H2,1-5H3/b12-9+. The van der Waals surface area contributed by atoms with Crippen LogP contribution in [-0.4, -0.2) is 51.2 Å². The zero-order chi connectivity index (χ0) is 20.2. The Labute approximate surface area is 162 Å². The summed E-state index contributed by atoms with van der Waals surface area (Å²) >= 11 is 0. The molecule has 0 aliphatic carbocycles. The van der Waals surface area contributed by atoms with Gasteiger partial charge >= 0.3 is 5.97 Å². The van der Waals surface area contributed by atoms with Crippen LogP contribution in [0.4, 0.5) is 0 Å². The molecule has 0 bridgehead atoms. The van der Waals surface area contributed by atoms with Gasteiger partial charge in [-0.1, -0.05) is 26.7 Å². The Kier molecular flexibility index (Phi) is 10.0. The minimum Gasteiger partial charge on any atom is -0.497 e. The Morgan fingerprint density at radius 3 is 2.48 bits per heavy atom. The first-order valence-corrected chi connectivity index (χ1v) is 9.23. The monoisotopic (exact) mass is 377 g/mol. The van der Waals surface area contributed by atoms with Gasteiger partial charge in [0.15, 0.2) is 0 Å². The molecular formula is C21H31NO5. The van der Waals surface area contributed by atoms with Crippen molar-refractivity contribution < 1.29 is 23.8 Å². The average molecular weight is 377 g/mol. The van der Waals surface area contributed by atoms with E-state index in [-0.39, 0.29) is 17.8 Å². The van der Waals surface area contributed by atoms with Gasteiger partial charge in [0, 0.05) is 24.7 Å². The summed E-state index contributed by atoms with van der Waals surface area (Å²) in [6, 6.07) is 5.40. The first-order valence-electron chi connectivity index (χ1n) is 9.23. The fourth-order valence-electron chi connectivity index (χ4n) is 2.69. The van der Waals surface area contributed by atoms with E-state index in [0.29, 0.717) is 24.6 Å². The van der Waals surface area contributed by atoms with Crippen LogP contribution in [0.5, 0.6) is 11.5 Å². The highest BCUT2D eigenvalue weighted by Crippen LogP contribution is 2.25. The van der Waals surface area contributed by atoms with Crippen molar-refractivity contribution in [1.82, 2.24) is 4.90 Å². The Hall–Kier alpha value is -2.50. The van der Waals surface area contributed by atoms with Gasteiger partial charge in [-0.3, -0.25) is 9.59 Å². The van der Waals surface area contributed by atoms with Crippen LogP contribution >= 0.6 is 0 Å². The van der Waals surface area contributed by atoms with Gasteiger partial charge in [-0.05, 0) is 30.7 Å². The number of rotatable bonds is 11. The van der Waals surface area contributed by atoms with Crippen molar-refractivity contribution >= 4 is 18.0 Å². The molecule has 1 unspecified atom stereocenters. The highest BCUT2D eigenvalue weighted by atomic mass is 16.5. The molecular weight excluding hydrogens is 346 g/mol. The molecule has 0 heterocycles. The fraction of sp³-hybridized carbons (Fsp3) is 0.524. The van der Waals surface area contributed by atoms with Gasteiger partial charge in [-0.2, -0.15) is 0 Å². The van der Waals surface area contributed by atoms with Crippen molar-refractivity contribution in [3.05, 3.63) is 29.8 Å². The summed E-state index contributed by atoms with van der Waals surface area (Å²) in [5.74, 6) is 0.496. The number of nitrogens with zero attached hydrogens (tertiary/aromatic N) is 1. The second-order valence-corrected chi connectivity index (χ2v) is 6.36. The lowest BCUT2D eigenvalue weighted by Gasteiger charge is -2.24. The first-order chi connectivity index (χ1) is 13.0. The quantitative estimate of drug-likeness (QED) is 0.335. The summed E-state index contributed by atoms with van der Waals surface area (Å²) in [6.07, 6.45) is 6.20. The van der Waals surface area contributed by atoms with E-state index in [4.69, 9.17) is 14.2 Å². The molecule has 6 heteroatoms. The number of amides is 1. The number of ether oxygens (including phenoxy) is 3. The van der Waals surface area contributed by atoms with Crippen LogP contribution in [0, 0.1) is 5.92 Å². The Morgan fingerprint density at radius 1 is 1.15 bits per heavy atom. The highest BCUT2D eigenvalue weighted by molar-refractivity contribution is 5.92. The predicted molar refractivity (Wildman–Crippen MR) is 106 cm³/mol. The van der Waals surface area contributed by atoms with Gasteiger partial charge in [-0.15, -0.1) is 0 Å². The molecule has 0 spiro atoms. The molecule has 0 aromatic heterocycles. The van der Waals surface area contributed by atoms with E-state index < -0.39 is 0 Å². The fourth-order valence-corrected chi connectivity index (χ4v) is 2.69. The minimum atomic E-state index is -0.375. The molecule has 0 N–H and O–H groups in total. The number of benzene rings is 1. The third kappa shape index (κ3) is 7.33. The number of hydrogen-bond acceptors (Lipinski definition) is 5. The predicted octanol–water partition coefficient (Wildman–Crippen LogP) is 3.54. The number of carbonyl (C=O) groups excluding carboxylic acids is 2. The van der Waals surface area contributed by atoms with Crippen molar-refractivity contribution in [2.24, 2.45) is 5.92 Å². The molecule has 0 radical (unpaired) electrons. The summed E-state index contributed by atoms with van der Waals surface area (Å²) in [4.78, 5) is 26.1. The zero-order valence-corrected chi connectivity index (χ0v) is 17.0. The Balaban J connectivity index is 2.93. The molecule has 0 saturated carbocycles. The maximum absolute atomic E-state index is 12.7. The summed E-state index contributed by atoms with van der Waals surface area (Å²) in [7, 11) is 4.53. The van der Waals surface area contributed by atoms with Gasteiger partial charge in [0.2, 0.25) is 5.91 Å². The summed E-state index contributed by atoms with van der Waals surface area (Å²) in [5.41, 5.74) is 0.750. The maximum atomic E-state index is 12.7. The molecule has 0 fully saturated rings. The number of methoxy groups -OCH3 is 3. The third-order valence-electron chi connectivity index (χ3n) is 4.28. The molecule has 1 aromatic rings. The van der Waals surface area contributed by atoms with Gasteiger partial charge in [-0.25, -0.2) is 0 Å². The van der Waals surface area contributed by atoms with E-state index in [1.165, 1.54) is 13.2 Å². The maximum Gasteiger partial charge on any atom is 0.310 e. The van der Waals surface area contributed by atoms with Gasteiger partial charge in [0.25, 0.3) is 0 Å². The molecule has 0 aliphatic heterocycles. The molecule has 0 saturated heterocycles. The second-order valence-electron chi connectivity index (χ2n) is 6.36. The van der Waals surface area contributed by atoms with Crippen molar-refractivity contribution in [2.75, 3.05) is 34.4 Å². The van der Waals surface area contributed by atoms with Crippen molar-refractivity contribution in [2.45, 2.75) is 33.1 Å². The number of carbonyl (C=O) groups is 2. The molecule has 6 nitrogen and oxygen atoms in total. The van der Waals surface area contributed by atoms with Crippen molar-refractivity contribution in [3.63, 3.8) is 0 Å². The Bertz CT molecular complexity index is 641. The molecule has 0 aliphatic rings. The van der Waals surface area contributed by atoms with Crippen LogP contribution in [-0.2, 0) is 14.3 Å². The summed E-state index contributed by atoms with van der Waals surface area (Å²) in [5, 5.41) is 0. The highest BCUT2D eigenvalue weighted by Gasteiger charge is 2.20. The van der Waals surface area contributed by atoms with E-state index >= 15 is 0 Å². The number of hydrogen-bond donors (Lipinski definition) is 0. The van der Waals surface area contributed by atoms with E-state index in [0.717, 1.165) is 24.8 Å². The van der Waals surface area contributed by atoms with Crippen LogP contribution in [0.2, 0.25) is 0 Å². The van der Waals surface area contributed by atoms with Crippen LogP contribution in [0.1, 0.15) is 38.7 Å². The Morgan fingerprint density at radius 2 is 1.89 bits per heavy atom. The topological polar surface area (TPSA) is 65.1 Å². The molecule has 150 valence electrons. The van der Waals surface area contributed by atoms with E-state index in [1.807, 2.05) is 0 Å². The summed E-state index contributed by atoms with van der Waals surface area (Å²) in [6.45, 7) is 4.81. The summed E-state index contributed by atoms with van der Waals surface area (Å²) < 4.78 is 15.3. The molecule has 1 atom stereocenters. The second kappa shape index (κ2) is 12.0. The van der Waals surface area contributed by atoms with Crippen LogP contribution in [0.25, 0.3) is 6.08 Å². The SMILES string of the molecule is CCCCCN(CC(C)C(=O)OC)C(=O)/C=C/c1cc(OC)ccc1OC. The van der Waals surface area contributed by atoms with Crippen LogP contribution in [0.15, 0.2) is 24.3 Å². The van der Waals surface area contributed by atoms with Gasteiger partial charge < -0.3 is 19.1 Å². The molecule has 1 rings (SSSR count). The lowest BCUT2D eigenvalue weighted by molar-refractivity contribution is -0.146. The van der Waals surface area contributed by atoms with Crippen LogP contribution < -0.4 is 9.47 Å². The smallest absolute Gasteiger partial charge is 0.310 e. The van der Waals surface area contributed by atoms with E-state index in [2.05, 4.69) is 6.92 Å². The van der Waals surface area contributed by atoms with Gasteiger partial charge in [0.1, 0.15) is 11.5 Å². The largest absolute Gasteiger partial charge is 0.497 e. The normalized spacial score (nSPS) is 11.9. The molecule has 1 amide bonds. The van der Waals surface area contributed by atoms with Crippen molar-refractivity contribution in [1.29, 1.82) is 0 Å². The van der Waals surface area contributed by atoms with Crippen molar-refractivity contribution in [3.8, 4) is 11.5 Å². The lowest BCUT2D eigenvalue weighted by Crippen LogP contribution is -2.37. The minimum absolute atomic E-state index is 0.147. The number of unbranched alkanes of at least 4 members (excludes halogenated alkanes) is 2. The first kappa shape index (κ1) is 22.5. The average Bonchev–Trinajstić information content (AvgIpc) is 2.70. The zero-order valence-electron chi connectivity index (χ0n) is 17.0. The van der Waals surface area contributed by atoms with E-state index in [9.17, 15) is 9.59 Å². The molecule has 27 heavy (non-hydrogen) atoms. The molecule has 1 aromatic carbocycles. The lowest BCUT2D eigenvalue weighted by atomic mass is 10.1. The number of esters is 1. The van der Waals surface area contributed by atoms with Crippen LogP contribution in [0.3, 0.4) is 0 Å². The third-order valence-corrected chi connectivity index (χ3v) is 4.28. The van der Waals surface area contributed by atoms with E-state index in [1.54, 1.807) is 50.3 Å². The van der Waals surface area contributed by atoms with Gasteiger partial charge in [0.05, 0.1) is 27.2 Å².